The van der Waals surface area contributed by atoms with E-state index in [0.29, 0.717) is 6.61 Å². The van der Waals surface area contributed by atoms with Crippen LogP contribution in [0.2, 0.25) is 0 Å². The Morgan fingerprint density at radius 2 is 2.25 bits per heavy atom. The summed E-state index contributed by atoms with van der Waals surface area (Å²) in [7, 11) is 0. The van der Waals surface area contributed by atoms with E-state index in [1.54, 1.807) is 11.3 Å². The second-order valence-corrected chi connectivity index (χ2v) is 5.60. The number of benzene rings is 1. The molecule has 2 rings (SSSR count). The van der Waals surface area contributed by atoms with Crippen LogP contribution in [0.4, 0.5) is 0 Å². The van der Waals surface area contributed by atoms with Gasteiger partial charge in [-0.15, -0.1) is 17.8 Å². The highest BCUT2D eigenvalue weighted by molar-refractivity contribution is 14.1. The molecule has 1 unspecified atom stereocenters. The summed E-state index contributed by atoms with van der Waals surface area (Å²) in [4.78, 5) is 1.26. The SMILES string of the molecule is C#CCOC(C)c1sc2ccccc2c1I. The summed E-state index contributed by atoms with van der Waals surface area (Å²) in [5, 5.41) is 1.30. The third-order valence-corrected chi connectivity index (χ3v) is 5.21. The Kier molecular flexibility index (Phi) is 3.85. The number of rotatable bonds is 3. The van der Waals surface area contributed by atoms with E-state index in [4.69, 9.17) is 11.2 Å². The molecule has 0 spiro atoms. The minimum atomic E-state index is 0.0698. The average molecular weight is 342 g/mol. The van der Waals surface area contributed by atoms with Gasteiger partial charge in [0.2, 0.25) is 0 Å². The van der Waals surface area contributed by atoms with Crippen LogP contribution < -0.4 is 0 Å². The number of hydrogen-bond acceptors (Lipinski definition) is 2. The highest BCUT2D eigenvalue weighted by Gasteiger charge is 2.15. The molecular formula is C13H11IOS. The number of ether oxygens (including phenoxy) is 1. The topological polar surface area (TPSA) is 9.23 Å². The Hall–Kier alpha value is -0.570. The molecule has 0 radical (unpaired) electrons. The van der Waals surface area contributed by atoms with Crippen molar-refractivity contribution in [2.24, 2.45) is 0 Å². The van der Waals surface area contributed by atoms with Gasteiger partial charge in [0.15, 0.2) is 0 Å². The van der Waals surface area contributed by atoms with Gasteiger partial charge in [0.25, 0.3) is 0 Å². The Morgan fingerprint density at radius 3 is 2.94 bits per heavy atom. The molecule has 3 heteroatoms. The second kappa shape index (κ2) is 5.17. The van der Waals surface area contributed by atoms with Crippen molar-refractivity contribution in [1.29, 1.82) is 0 Å². The maximum absolute atomic E-state index is 5.56. The summed E-state index contributed by atoms with van der Waals surface area (Å²) in [6.07, 6.45) is 5.26. The standard InChI is InChI=1S/C13H11IOS/c1-3-8-15-9(2)13-12(14)10-6-4-5-7-11(10)16-13/h1,4-7,9H,8H2,2H3. The first-order chi connectivity index (χ1) is 7.74. The Balaban J connectivity index is 2.38. The Bertz CT molecular complexity index is 538. The van der Waals surface area contributed by atoms with Gasteiger partial charge < -0.3 is 4.74 Å². The van der Waals surface area contributed by atoms with Crippen LogP contribution in [0.1, 0.15) is 17.9 Å². The number of hydrogen-bond donors (Lipinski definition) is 0. The maximum Gasteiger partial charge on any atom is 0.108 e. The van der Waals surface area contributed by atoms with Crippen molar-refractivity contribution in [3.63, 3.8) is 0 Å². The molecule has 0 bridgehead atoms. The Labute approximate surface area is 113 Å². The zero-order valence-corrected chi connectivity index (χ0v) is 11.8. The van der Waals surface area contributed by atoms with Crippen LogP contribution in [0.15, 0.2) is 24.3 Å². The van der Waals surface area contributed by atoms with Gasteiger partial charge in [-0.25, -0.2) is 0 Å². The molecule has 0 saturated carbocycles. The van der Waals surface area contributed by atoms with E-state index in [1.807, 2.05) is 6.92 Å². The van der Waals surface area contributed by atoms with Gasteiger partial charge in [-0.3, -0.25) is 0 Å². The van der Waals surface area contributed by atoms with Crippen LogP contribution in [0.25, 0.3) is 10.1 Å². The second-order valence-electron chi connectivity index (χ2n) is 3.43. The van der Waals surface area contributed by atoms with Crippen molar-refractivity contribution in [2.45, 2.75) is 13.0 Å². The Morgan fingerprint density at radius 1 is 1.50 bits per heavy atom. The van der Waals surface area contributed by atoms with Gasteiger partial charge in [-0.2, -0.15) is 0 Å². The lowest BCUT2D eigenvalue weighted by Gasteiger charge is -2.09. The minimum absolute atomic E-state index is 0.0698. The van der Waals surface area contributed by atoms with Crippen molar-refractivity contribution in [3.8, 4) is 12.3 Å². The van der Waals surface area contributed by atoms with Crippen LogP contribution in [0.3, 0.4) is 0 Å². The number of thiophene rings is 1. The smallest absolute Gasteiger partial charge is 0.108 e. The average Bonchev–Trinajstić information content (AvgIpc) is 2.64. The normalized spacial score (nSPS) is 12.6. The van der Waals surface area contributed by atoms with E-state index in [1.165, 1.54) is 18.5 Å². The monoisotopic (exact) mass is 342 g/mol. The van der Waals surface area contributed by atoms with Crippen LogP contribution in [-0.2, 0) is 4.74 Å². The highest BCUT2D eigenvalue weighted by atomic mass is 127. The molecule has 1 aromatic heterocycles. The van der Waals surface area contributed by atoms with Crippen molar-refractivity contribution in [3.05, 3.63) is 32.7 Å². The van der Waals surface area contributed by atoms with E-state index in [2.05, 4.69) is 52.8 Å². The van der Waals surface area contributed by atoms with Crippen molar-refractivity contribution in [1.82, 2.24) is 0 Å². The lowest BCUT2D eigenvalue weighted by Crippen LogP contribution is -1.99. The first-order valence-corrected chi connectivity index (χ1v) is 6.85. The summed E-state index contributed by atoms with van der Waals surface area (Å²) < 4.78 is 8.14. The maximum atomic E-state index is 5.56. The van der Waals surface area contributed by atoms with E-state index in [9.17, 15) is 0 Å². The predicted octanol–water partition coefficient (Wildman–Crippen LogP) is 4.22. The number of halogens is 1. The summed E-state index contributed by atoms with van der Waals surface area (Å²) in [5.41, 5.74) is 0. The fourth-order valence-corrected chi connectivity index (χ4v) is 4.06. The molecule has 0 aliphatic heterocycles. The van der Waals surface area contributed by atoms with Gasteiger partial charge in [0.1, 0.15) is 6.61 Å². The first kappa shape index (κ1) is 11.9. The van der Waals surface area contributed by atoms with Crippen LogP contribution >= 0.6 is 33.9 Å². The van der Waals surface area contributed by atoms with Crippen molar-refractivity contribution >= 4 is 44.0 Å². The van der Waals surface area contributed by atoms with Gasteiger partial charge in [0.05, 0.1) is 6.10 Å². The molecule has 1 heterocycles. The van der Waals surface area contributed by atoms with Crippen LogP contribution in [0, 0.1) is 15.9 Å². The van der Waals surface area contributed by atoms with Crippen LogP contribution in [0.5, 0.6) is 0 Å². The zero-order chi connectivity index (χ0) is 11.5. The van der Waals surface area contributed by atoms with E-state index >= 15 is 0 Å². The molecule has 0 fully saturated rings. The summed E-state index contributed by atoms with van der Waals surface area (Å²) >= 11 is 4.16. The molecule has 1 aromatic carbocycles. The molecule has 0 aliphatic carbocycles. The molecule has 16 heavy (non-hydrogen) atoms. The lowest BCUT2D eigenvalue weighted by molar-refractivity contribution is 0.0949. The quantitative estimate of drug-likeness (QED) is 0.600. The lowest BCUT2D eigenvalue weighted by atomic mass is 10.2. The fraction of sp³-hybridized carbons (Fsp3) is 0.231. The van der Waals surface area contributed by atoms with E-state index in [-0.39, 0.29) is 6.10 Å². The summed E-state index contributed by atoms with van der Waals surface area (Å²) in [5.74, 6) is 2.50. The van der Waals surface area contributed by atoms with Gasteiger partial charge in [-0.1, -0.05) is 24.1 Å². The zero-order valence-electron chi connectivity index (χ0n) is 8.87. The third-order valence-electron chi connectivity index (χ3n) is 2.35. The molecule has 1 nitrogen and oxygen atoms in total. The molecule has 0 amide bonds. The van der Waals surface area contributed by atoms with Crippen molar-refractivity contribution < 1.29 is 4.74 Å². The molecular weight excluding hydrogens is 331 g/mol. The molecule has 2 aromatic rings. The molecule has 0 saturated heterocycles. The van der Waals surface area contributed by atoms with E-state index < -0.39 is 0 Å². The minimum Gasteiger partial charge on any atom is -0.360 e. The van der Waals surface area contributed by atoms with E-state index in [0.717, 1.165) is 0 Å². The molecule has 82 valence electrons. The predicted molar refractivity (Wildman–Crippen MR) is 77.7 cm³/mol. The first-order valence-electron chi connectivity index (χ1n) is 4.96. The van der Waals surface area contributed by atoms with Gasteiger partial charge in [-0.05, 0) is 35.6 Å². The van der Waals surface area contributed by atoms with Crippen LogP contribution in [-0.4, -0.2) is 6.61 Å². The van der Waals surface area contributed by atoms with Crippen molar-refractivity contribution in [2.75, 3.05) is 6.61 Å². The highest BCUT2D eigenvalue weighted by Crippen LogP contribution is 2.37. The summed E-state index contributed by atoms with van der Waals surface area (Å²) in [6, 6.07) is 8.41. The molecule has 1 atom stereocenters. The molecule has 0 aliphatic rings. The van der Waals surface area contributed by atoms with Gasteiger partial charge in [0, 0.05) is 18.5 Å². The largest absolute Gasteiger partial charge is 0.360 e. The fourth-order valence-electron chi connectivity index (χ4n) is 1.54. The van der Waals surface area contributed by atoms with Gasteiger partial charge >= 0.3 is 0 Å². The molecule has 0 N–H and O–H groups in total. The summed E-state index contributed by atoms with van der Waals surface area (Å²) in [6.45, 7) is 2.41. The third kappa shape index (κ3) is 2.24. The number of terminal acetylenes is 1. The number of fused-ring (bicyclic) bond motifs is 1.